The van der Waals surface area contributed by atoms with Gasteiger partial charge in [0, 0.05) is 55.2 Å². The van der Waals surface area contributed by atoms with Crippen molar-refractivity contribution in [3.63, 3.8) is 0 Å². The van der Waals surface area contributed by atoms with Crippen molar-refractivity contribution in [2.24, 2.45) is 0 Å². The van der Waals surface area contributed by atoms with E-state index in [1.165, 1.54) is 4.90 Å². The number of benzene rings is 1. The molecule has 2 aliphatic heterocycles. The summed E-state index contributed by atoms with van der Waals surface area (Å²) in [5.74, 6) is 7.44. The third kappa shape index (κ3) is 5.25. The minimum atomic E-state index is -0.945. The number of ether oxygens (including phenoxy) is 2. The van der Waals surface area contributed by atoms with Crippen molar-refractivity contribution in [3.8, 4) is 23.3 Å². The van der Waals surface area contributed by atoms with Crippen LogP contribution in [0.4, 0.5) is 16.6 Å². The van der Waals surface area contributed by atoms with Crippen LogP contribution in [0.15, 0.2) is 24.4 Å². The molecule has 2 aromatic rings. The molecular weight excluding hydrogens is 450 g/mol. The number of piperidine rings is 1. The van der Waals surface area contributed by atoms with E-state index in [4.69, 9.17) is 20.9 Å². The van der Waals surface area contributed by atoms with Crippen molar-refractivity contribution >= 4 is 23.4 Å². The highest BCUT2D eigenvalue weighted by molar-refractivity contribution is 5.86. The molecular formula is C25H29N5O5. The summed E-state index contributed by atoms with van der Waals surface area (Å²) >= 11 is 0. The van der Waals surface area contributed by atoms with Crippen LogP contribution in [-0.4, -0.2) is 62.6 Å². The van der Waals surface area contributed by atoms with E-state index < -0.39 is 17.8 Å². The molecule has 0 bridgehead atoms. The van der Waals surface area contributed by atoms with Gasteiger partial charge >= 0.3 is 6.09 Å². The van der Waals surface area contributed by atoms with Crippen LogP contribution >= 0.6 is 0 Å². The number of aromatic nitrogens is 2. The number of fused-ring (bicyclic) bond motifs is 1. The second-order valence-corrected chi connectivity index (χ2v) is 8.66. The number of carboxylic acid groups (broad SMARTS) is 1. The lowest BCUT2D eigenvalue weighted by atomic mass is 9.84. The number of hydrogen-bond donors (Lipinski definition) is 4. The molecule has 1 spiro atoms. The van der Waals surface area contributed by atoms with E-state index in [1.807, 2.05) is 25.1 Å². The molecule has 1 saturated heterocycles. The highest BCUT2D eigenvalue weighted by Gasteiger charge is 2.41. The molecule has 1 aromatic heterocycles. The molecule has 0 saturated carbocycles. The summed E-state index contributed by atoms with van der Waals surface area (Å²) in [6.45, 7) is 4.59. The van der Waals surface area contributed by atoms with Crippen molar-refractivity contribution in [2.45, 2.75) is 44.8 Å². The fraction of sp³-hybridized carbons (Fsp3) is 0.400. The molecule has 2 aliphatic rings. The van der Waals surface area contributed by atoms with E-state index in [-0.39, 0.29) is 5.95 Å². The standard InChI is InChI=1S/C25H29N5O5/c1-3-34-20-12-16(10-18-14-28-23(27)29-22(18)26)11-19-17(5-4-15(2)31)13-25(35-21(19)20)6-8-30(9-7-25)24(32)33/h11-15,31H,3,6-10H2,1-2H3,(H,32,33)(H4,26,27,28,29). The lowest BCUT2D eigenvalue weighted by molar-refractivity contribution is 0.0374. The molecule has 4 rings (SSSR count). The third-order valence-electron chi connectivity index (χ3n) is 6.02. The van der Waals surface area contributed by atoms with Crippen LogP contribution in [0.5, 0.6) is 11.5 Å². The Balaban J connectivity index is 1.78. The quantitative estimate of drug-likeness (QED) is 0.483. The predicted octanol–water partition coefficient (Wildman–Crippen LogP) is 2.30. The highest BCUT2D eigenvalue weighted by atomic mass is 16.5. The van der Waals surface area contributed by atoms with Crippen LogP contribution in [0.25, 0.3) is 5.57 Å². The average molecular weight is 480 g/mol. The molecule has 1 amide bonds. The fourth-order valence-electron chi connectivity index (χ4n) is 4.30. The van der Waals surface area contributed by atoms with Gasteiger partial charge in [-0.2, -0.15) is 4.98 Å². The van der Waals surface area contributed by atoms with Gasteiger partial charge in [-0.3, -0.25) is 0 Å². The number of allylic oxidation sites excluding steroid dienone is 1. The Kier molecular flexibility index (Phi) is 6.71. The maximum absolute atomic E-state index is 11.4. The molecule has 10 nitrogen and oxygen atoms in total. The van der Waals surface area contributed by atoms with Gasteiger partial charge in [0.1, 0.15) is 17.5 Å². The highest BCUT2D eigenvalue weighted by Crippen LogP contribution is 2.46. The maximum Gasteiger partial charge on any atom is 0.407 e. The second-order valence-electron chi connectivity index (χ2n) is 8.66. The van der Waals surface area contributed by atoms with Gasteiger partial charge in [0.15, 0.2) is 11.5 Å². The number of nitrogens with zero attached hydrogens (tertiary/aromatic N) is 3. The van der Waals surface area contributed by atoms with Crippen LogP contribution < -0.4 is 20.9 Å². The first-order chi connectivity index (χ1) is 16.7. The van der Waals surface area contributed by atoms with Gasteiger partial charge in [-0.25, -0.2) is 9.78 Å². The normalized spacial score (nSPS) is 16.9. The van der Waals surface area contributed by atoms with Gasteiger partial charge in [0.2, 0.25) is 5.95 Å². The van der Waals surface area contributed by atoms with Gasteiger partial charge in [-0.05, 0) is 37.6 Å². The lowest BCUT2D eigenvalue weighted by Crippen LogP contribution is -2.49. The second kappa shape index (κ2) is 9.72. The number of nitrogens with two attached hydrogens (primary N) is 2. The smallest absolute Gasteiger partial charge is 0.407 e. The summed E-state index contributed by atoms with van der Waals surface area (Å²) in [6.07, 6.45) is 3.19. The molecule has 1 aromatic carbocycles. The van der Waals surface area contributed by atoms with Gasteiger partial charge in [0.05, 0.1) is 6.61 Å². The van der Waals surface area contributed by atoms with Crippen molar-refractivity contribution < 1.29 is 24.5 Å². The van der Waals surface area contributed by atoms with Gasteiger partial charge < -0.3 is 36.1 Å². The summed E-state index contributed by atoms with van der Waals surface area (Å²) in [5, 5.41) is 19.2. The third-order valence-corrected chi connectivity index (χ3v) is 6.02. The summed E-state index contributed by atoms with van der Waals surface area (Å²) in [5.41, 5.74) is 14.0. The molecule has 6 N–H and O–H groups in total. The van der Waals surface area contributed by atoms with Gasteiger partial charge in [0.25, 0.3) is 0 Å². The maximum atomic E-state index is 11.4. The van der Waals surface area contributed by atoms with E-state index in [2.05, 4.69) is 21.8 Å². The zero-order valence-electron chi connectivity index (χ0n) is 19.7. The topological polar surface area (TPSA) is 157 Å². The number of rotatable bonds is 4. The van der Waals surface area contributed by atoms with Crippen molar-refractivity contribution in [1.29, 1.82) is 0 Å². The molecule has 0 radical (unpaired) electrons. The first kappa shape index (κ1) is 24.2. The Morgan fingerprint density at radius 2 is 2.09 bits per heavy atom. The Hall–Kier alpha value is -3.97. The zero-order chi connectivity index (χ0) is 25.2. The number of carbonyl (C=O) groups is 1. The molecule has 1 unspecified atom stereocenters. The molecule has 0 aliphatic carbocycles. The molecule has 10 heteroatoms. The van der Waals surface area contributed by atoms with E-state index >= 15 is 0 Å². The molecule has 1 fully saturated rings. The predicted molar refractivity (Wildman–Crippen MR) is 131 cm³/mol. The number of nitrogen functional groups attached to an aromatic ring is 2. The number of aliphatic hydroxyl groups excluding tert-OH is 1. The van der Waals surface area contributed by atoms with Gasteiger partial charge in [-0.15, -0.1) is 0 Å². The fourth-order valence-corrected chi connectivity index (χ4v) is 4.30. The first-order valence-electron chi connectivity index (χ1n) is 11.5. The number of likely N-dealkylation sites (tertiary alicyclic amines) is 1. The van der Waals surface area contributed by atoms with Gasteiger partial charge in [-0.1, -0.05) is 11.8 Å². The SMILES string of the molecule is CCOc1cc(Cc2cnc(N)nc2N)cc2c1OC1(C=C2C#CC(C)O)CCN(C(=O)O)CC1. The van der Waals surface area contributed by atoms with E-state index in [1.54, 1.807) is 13.1 Å². The molecule has 1 atom stereocenters. The minimum Gasteiger partial charge on any atom is -0.490 e. The summed E-state index contributed by atoms with van der Waals surface area (Å²) < 4.78 is 12.5. The Morgan fingerprint density at radius 3 is 2.71 bits per heavy atom. The van der Waals surface area contributed by atoms with E-state index in [0.29, 0.717) is 61.8 Å². The van der Waals surface area contributed by atoms with Crippen LogP contribution in [-0.2, 0) is 6.42 Å². The summed E-state index contributed by atoms with van der Waals surface area (Å²) in [6, 6.07) is 3.85. The average Bonchev–Trinajstić information content (AvgIpc) is 2.80. The number of hydrogen-bond acceptors (Lipinski definition) is 8. The number of anilines is 2. The van der Waals surface area contributed by atoms with E-state index in [9.17, 15) is 15.0 Å². The Bertz CT molecular complexity index is 1220. The molecule has 3 heterocycles. The summed E-state index contributed by atoms with van der Waals surface area (Å²) in [4.78, 5) is 20.9. The monoisotopic (exact) mass is 479 g/mol. The number of aliphatic hydroxyl groups is 1. The van der Waals surface area contributed by atoms with Crippen molar-refractivity contribution in [1.82, 2.24) is 14.9 Å². The van der Waals surface area contributed by atoms with Crippen LogP contribution in [0.2, 0.25) is 0 Å². The Morgan fingerprint density at radius 1 is 1.34 bits per heavy atom. The van der Waals surface area contributed by atoms with Crippen LogP contribution in [0.1, 0.15) is 43.4 Å². The van der Waals surface area contributed by atoms with Crippen molar-refractivity contribution in [3.05, 3.63) is 41.1 Å². The largest absolute Gasteiger partial charge is 0.490 e. The summed E-state index contributed by atoms with van der Waals surface area (Å²) in [7, 11) is 0. The minimum absolute atomic E-state index is 0.109. The number of amides is 1. The lowest BCUT2D eigenvalue weighted by Gasteiger charge is -2.42. The Labute approximate surface area is 203 Å². The molecule has 184 valence electrons. The first-order valence-corrected chi connectivity index (χ1v) is 11.5. The zero-order valence-corrected chi connectivity index (χ0v) is 19.7. The molecule has 35 heavy (non-hydrogen) atoms. The van der Waals surface area contributed by atoms with E-state index in [0.717, 1.165) is 16.7 Å². The van der Waals surface area contributed by atoms with Crippen LogP contribution in [0, 0.1) is 11.8 Å². The van der Waals surface area contributed by atoms with Crippen LogP contribution in [0.3, 0.4) is 0 Å². The van der Waals surface area contributed by atoms with Crippen molar-refractivity contribution in [2.75, 3.05) is 31.2 Å².